The van der Waals surface area contributed by atoms with Crippen LogP contribution >= 0.6 is 0 Å². The average molecular weight is 296 g/mol. The predicted octanol–water partition coefficient (Wildman–Crippen LogP) is 1.62. The minimum absolute atomic E-state index is 0.197. The molecule has 0 saturated carbocycles. The number of carbonyl (C=O) groups is 1. The lowest BCUT2D eigenvalue weighted by molar-refractivity contribution is 0.240. The molecule has 0 atom stereocenters. The summed E-state index contributed by atoms with van der Waals surface area (Å²) in [7, 11) is -3.10. The summed E-state index contributed by atoms with van der Waals surface area (Å²) in [5.74, 6) is 0.233. The van der Waals surface area contributed by atoms with E-state index in [1.165, 1.54) is 0 Å². The van der Waals surface area contributed by atoms with E-state index in [4.69, 9.17) is 0 Å². The summed E-state index contributed by atoms with van der Waals surface area (Å²) < 4.78 is 23.8. The van der Waals surface area contributed by atoms with E-state index in [1.807, 2.05) is 13.0 Å². The number of urea groups is 1. The SMILES string of the molecule is CCCNC(=O)NCc1ccc2c(c1)CCCS2(=O)=O. The molecule has 5 nitrogen and oxygen atoms in total. The highest BCUT2D eigenvalue weighted by Gasteiger charge is 2.23. The third kappa shape index (κ3) is 3.50. The number of hydrogen-bond acceptors (Lipinski definition) is 3. The summed E-state index contributed by atoms with van der Waals surface area (Å²) in [4.78, 5) is 11.9. The Kier molecular flexibility index (Phi) is 4.65. The Morgan fingerprint density at radius 2 is 2.10 bits per heavy atom. The molecule has 0 fully saturated rings. The number of sulfone groups is 1. The van der Waals surface area contributed by atoms with Crippen molar-refractivity contribution in [1.82, 2.24) is 10.6 Å². The van der Waals surface area contributed by atoms with Crippen molar-refractivity contribution in [2.45, 2.75) is 37.6 Å². The van der Waals surface area contributed by atoms with Gasteiger partial charge in [0.2, 0.25) is 0 Å². The Labute approximate surface area is 119 Å². The first kappa shape index (κ1) is 14.8. The standard InChI is InChI=1S/C14H20N2O3S/c1-2-7-15-14(17)16-10-11-5-6-13-12(9-11)4-3-8-20(13,18)19/h5-6,9H,2-4,7-8,10H2,1H3,(H2,15,16,17). The van der Waals surface area contributed by atoms with E-state index in [0.717, 1.165) is 24.0 Å². The van der Waals surface area contributed by atoms with Crippen molar-refractivity contribution in [3.8, 4) is 0 Å². The minimum atomic E-state index is -3.10. The molecule has 0 unspecified atom stereocenters. The highest BCUT2D eigenvalue weighted by molar-refractivity contribution is 7.91. The van der Waals surface area contributed by atoms with E-state index in [9.17, 15) is 13.2 Å². The molecule has 0 aromatic heterocycles. The Hall–Kier alpha value is -1.56. The van der Waals surface area contributed by atoms with Crippen LogP contribution in [0.4, 0.5) is 4.79 Å². The van der Waals surface area contributed by atoms with Crippen LogP contribution in [0.1, 0.15) is 30.9 Å². The molecular formula is C14H20N2O3S. The van der Waals surface area contributed by atoms with Crippen LogP contribution in [0.5, 0.6) is 0 Å². The van der Waals surface area contributed by atoms with Gasteiger partial charge in [-0.15, -0.1) is 0 Å². The molecule has 110 valence electrons. The number of aryl methyl sites for hydroxylation is 1. The molecular weight excluding hydrogens is 276 g/mol. The molecule has 1 aromatic carbocycles. The van der Waals surface area contributed by atoms with Crippen LogP contribution < -0.4 is 10.6 Å². The van der Waals surface area contributed by atoms with Gasteiger partial charge in [-0.1, -0.05) is 19.1 Å². The van der Waals surface area contributed by atoms with Crippen molar-refractivity contribution in [2.75, 3.05) is 12.3 Å². The zero-order valence-corrected chi connectivity index (χ0v) is 12.4. The lowest BCUT2D eigenvalue weighted by Gasteiger charge is -2.17. The van der Waals surface area contributed by atoms with Crippen molar-refractivity contribution >= 4 is 15.9 Å². The summed E-state index contributed by atoms with van der Waals surface area (Å²) in [5.41, 5.74) is 1.79. The molecule has 2 amide bonds. The highest BCUT2D eigenvalue weighted by atomic mass is 32.2. The number of rotatable bonds is 4. The highest BCUT2D eigenvalue weighted by Crippen LogP contribution is 2.25. The summed E-state index contributed by atoms with van der Waals surface area (Å²) >= 11 is 0. The third-order valence-corrected chi connectivity index (χ3v) is 5.20. The predicted molar refractivity (Wildman–Crippen MR) is 77.3 cm³/mol. The van der Waals surface area contributed by atoms with Crippen molar-refractivity contribution < 1.29 is 13.2 Å². The molecule has 1 aromatic rings. The fraction of sp³-hybridized carbons (Fsp3) is 0.500. The molecule has 0 radical (unpaired) electrons. The Balaban J connectivity index is 2.03. The maximum atomic E-state index is 11.9. The van der Waals surface area contributed by atoms with E-state index in [2.05, 4.69) is 10.6 Å². The van der Waals surface area contributed by atoms with E-state index in [0.29, 0.717) is 24.4 Å². The summed E-state index contributed by atoms with van der Waals surface area (Å²) in [6.07, 6.45) is 2.35. The normalized spacial score (nSPS) is 16.2. The number of benzene rings is 1. The molecule has 1 aliphatic heterocycles. The minimum Gasteiger partial charge on any atom is -0.338 e. The van der Waals surface area contributed by atoms with Gasteiger partial charge in [0.15, 0.2) is 9.84 Å². The largest absolute Gasteiger partial charge is 0.338 e. The molecule has 20 heavy (non-hydrogen) atoms. The van der Waals surface area contributed by atoms with Crippen LogP contribution in [0.25, 0.3) is 0 Å². The average Bonchev–Trinajstić information content (AvgIpc) is 2.42. The van der Waals surface area contributed by atoms with E-state index in [1.54, 1.807) is 12.1 Å². The van der Waals surface area contributed by atoms with Gasteiger partial charge in [-0.3, -0.25) is 0 Å². The Morgan fingerprint density at radius 1 is 1.30 bits per heavy atom. The maximum absolute atomic E-state index is 11.9. The third-order valence-electron chi connectivity index (χ3n) is 3.31. The molecule has 0 bridgehead atoms. The Morgan fingerprint density at radius 3 is 2.85 bits per heavy atom. The second kappa shape index (κ2) is 6.26. The summed E-state index contributed by atoms with van der Waals surface area (Å²) in [5, 5.41) is 5.49. The van der Waals surface area contributed by atoms with Crippen LogP contribution in [-0.4, -0.2) is 26.7 Å². The molecule has 1 heterocycles. The van der Waals surface area contributed by atoms with Gasteiger partial charge >= 0.3 is 6.03 Å². The summed E-state index contributed by atoms with van der Waals surface area (Å²) in [6, 6.07) is 5.11. The molecule has 0 saturated heterocycles. The quantitative estimate of drug-likeness (QED) is 0.886. The summed E-state index contributed by atoms with van der Waals surface area (Å²) in [6.45, 7) is 3.04. The van der Waals surface area contributed by atoms with Gasteiger partial charge in [-0.25, -0.2) is 13.2 Å². The van der Waals surface area contributed by atoms with Crippen molar-refractivity contribution in [2.24, 2.45) is 0 Å². The molecule has 0 spiro atoms. The fourth-order valence-corrected chi connectivity index (χ4v) is 3.87. The second-order valence-electron chi connectivity index (χ2n) is 4.97. The van der Waals surface area contributed by atoms with E-state index < -0.39 is 9.84 Å². The van der Waals surface area contributed by atoms with Gasteiger partial charge in [0.05, 0.1) is 10.6 Å². The van der Waals surface area contributed by atoms with Crippen LogP contribution in [-0.2, 0) is 22.8 Å². The molecule has 2 rings (SSSR count). The number of hydrogen-bond donors (Lipinski definition) is 2. The van der Waals surface area contributed by atoms with Crippen molar-refractivity contribution in [3.05, 3.63) is 29.3 Å². The number of nitrogens with one attached hydrogen (secondary N) is 2. The number of carbonyl (C=O) groups excluding carboxylic acids is 1. The first-order chi connectivity index (χ1) is 9.53. The van der Waals surface area contributed by atoms with Gasteiger partial charge in [-0.2, -0.15) is 0 Å². The lowest BCUT2D eigenvalue weighted by atomic mass is 10.1. The topological polar surface area (TPSA) is 75.3 Å². The van der Waals surface area contributed by atoms with Gasteiger partial charge < -0.3 is 10.6 Å². The molecule has 2 N–H and O–H groups in total. The van der Waals surface area contributed by atoms with Gasteiger partial charge in [0.25, 0.3) is 0 Å². The smallest absolute Gasteiger partial charge is 0.315 e. The van der Waals surface area contributed by atoms with Gasteiger partial charge in [0, 0.05) is 13.1 Å². The van der Waals surface area contributed by atoms with E-state index >= 15 is 0 Å². The van der Waals surface area contributed by atoms with Crippen molar-refractivity contribution in [3.63, 3.8) is 0 Å². The molecule has 1 aliphatic rings. The zero-order chi connectivity index (χ0) is 14.6. The Bertz CT molecular complexity index is 596. The lowest BCUT2D eigenvalue weighted by Crippen LogP contribution is -2.35. The first-order valence-corrected chi connectivity index (χ1v) is 8.54. The zero-order valence-electron chi connectivity index (χ0n) is 11.6. The van der Waals surface area contributed by atoms with Crippen LogP contribution in [0, 0.1) is 0 Å². The molecule has 0 aliphatic carbocycles. The van der Waals surface area contributed by atoms with Crippen LogP contribution in [0.15, 0.2) is 23.1 Å². The second-order valence-corrected chi connectivity index (χ2v) is 7.05. The molecule has 6 heteroatoms. The van der Waals surface area contributed by atoms with Gasteiger partial charge in [-0.05, 0) is 36.5 Å². The maximum Gasteiger partial charge on any atom is 0.315 e. The van der Waals surface area contributed by atoms with E-state index in [-0.39, 0.29) is 11.8 Å². The van der Waals surface area contributed by atoms with Crippen LogP contribution in [0.2, 0.25) is 0 Å². The van der Waals surface area contributed by atoms with Crippen molar-refractivity contribution in [1.29, 1.82) is 0 Å². The number of amides is 2. The van der Waals surface area contributed by atoms with Crippen LogP contribution in [0.3, 0.4) is 0 Å². The first-order valence-electron chi connectivity index (χ1n) is 6.89. The number of fused-ring (bicyclic) bond motifs is 1. The van der Waals surface area contributed by atoms with Gasteiger partial charge in [0.1, 0.15) is 0 Å². The monoisotopic (exact) mass is 296 g/mol. The fourth-order valence-electron chi connectivity index (χ4n) is 2.29.